The Kier molecular flexibility index (Phi) is 5.61. The number of esters is 1. The number of thiophene rings is 1. The van der Waals surface area contributed by atoms with E-state index >= 15 is 0 Å². The molecule has 0 saturated heterocycles. The smallest absolute Gasteiger partial charge is 0.341 e. The number of benzene rings is 2. The standard InChI is InChI=1S/C22H23NO3S/c1-5-16-14(4)27-21(19(16)22(25)26-13(2)3)23-20(24)18-12-8-10-15-9-6-7-11-17(15)18/h6-13H,5H2,1-4H3,(H,23,24). The normalized spacial score (nSPS) is 11.0. The third kappa shape index (κ3) is 3.88. The van der Waals surface area contributed by atoms with Crippen molar-refractivity contribution < 1.29 is 14.3 Å². The summed E-state index contributed by atoms with van der Waals surface area (Å²) >= 11 is 1.42. The Bertz CT molecular complexity index is 999. The summed E-state index contributed by atoms with van der Waals surface area (Å²) in [4.78, 5) is 26.6. The molecule has 1 heterocycles. The number of ether oxygens (including phenoxy) is 1. The van der Waals surface area contributed by atoms with Crippen molar-refractivity contribution in [3.63, 3.8) is 0 Å². The molecule has 3 aromatic rings. The molecule has 0 fully saturated rings. The summed E-state index contributed by atoms with van der Waals surface area (Å²) < 4.78 is 5.41. The van der Waals surface area contributed by atoms with Crippen LogP contribution in [0.3, 0.4) is 0 Å². The molecule has 0 unspecified atom stereocenters. The topological polar surface area (TPSA) is 55.4 Å². The summed E-state index contributed by atoms with van der Waals surface area (Å²) in [5.41, 5.74) is 1.99. The molecule has 5 heteroatoms. The number of rotatable bonds is 5. The minimum absolute atomic E-state index is 0.218. The van der Waals surface area contributed by atoms with Gasteiger partial charge in [-0.1, -0.05) is 43.3 Å². The first-order valence-corrected chi connectivity index (χ1v) is 9.86. The zero-order valence-corrected chi connectivity index (χ0v) is 16.8. The number of hydrogen-bond acceptors (Lipinski definition) is 4. The lowest BCUT2D eigenvalue weighted by Gasteiger charge is -2.12. The van der Waals surface area contributed by atoms with Crippen LogP contribution in [0.25, 0.3) is 10.8 Å². The van der Waals surface area contributed by atoms with Crippen LogP contribution in [0.4, 0.5) is 5.00 Å². The van der Waals surface area contributed by atoms with Gasteiger partial charge < -0.3 is 10.1 Å². The molecule has 1 amide bonds. The van der Waals surface area contributed by atoms with Crippen molar-refractivity contribution in [3.8, 4) is 0 Å². The van der Waals surface area contributed by atoms with Gasteiger partial charge in [-0.25, -0.2) is 4.79 Å². The molecule has 0 radical (unpaired) electrons. The van der Waals surface area contributed by atoms with Gasteiger partial charge in [0.15, 0.2) is 0 Å². The summed E-state index contributed by atoms with van der Waals surface area (Å²) in [7, 11) is 0. The number of carbonyl (C=O) groups excluding carboxylic acids is 2. The van der Waals surface area contributed by atoms with E-state index in [0.717, 1.165) is 21.2 Å². The minimum atomic E-state index is -0.389. The Morgan fingerprint density at radius 3 is 2.52 bits per heavy atom. The maximum Gasteiger partial charge on any atom is 0.341 e. The van der Waals surface area contributed by atoms with Crippen molar-refractivity contribution in [2.24, 2.45) is 0 Å². The third-order valence-corrected chi connectivity index (χ3v) is 5.43. The Morgan fingerprint density at radius 1 is 1.11 bits per heavy atom. The lowest BCUT2D eigenvalue weighted by atomic mass is 10.0. The molecule has 0 spiro atoms. The van der Waals surface area contributed by atoms with Gasteiger partial charge in [0, 0.05) is 10.4 Å². The van der Waals surface area contributed by atoms with Crippen molar-refractivity contribution in [3.05, 3.63) is 64.0 Å². The first-order chi connectivity index (χ1) is 12.9. The summed E-state index contributed by atoms with van der Waals surface area (Å²) in [5, 5.41) is 5.38. The highest BCUT2D eigenvalue weighted by molar-refractivity contribution is 7.16. The second-order valence-electron chi connectivity index (χ2n) is 6.63. The molecule has 4 nitrogen and oxygen atoms in total. The van der Waals surface area contributed by atoms with Crippen molar-refractivity contribution in [2.75, 3.05) is 5.32 Å². The van der Waals surface area contributed by atoms with E-state index in [0.29, 0.717) is 22.5 Å². The molecule has 3 rings (SSSR count). The average Bonchev–Trinajstić information content (AvgIpc) is 2.95. The molecule has 0 aliphatic carbocycles. The minimum Gasteiger partial charge on any atom is -0.459 e. The number of aryl methyl sites for hydroxylation is 1. The Labute approximate surface area is 163 Å². The summed E-state index contributed by atoms with van der Waals surface area (Å²) in [6, 6.07) is 13.4. The average molecular weight is 381 g/mol. The molecule has 0 aliphatic heterocycles. The summed E-state index contributed by atoms with van der Waals surface area (Å²) in [6.07, 6.45) is 0.485. The van der Waals surface area contributed by atoms with Gasteiger partial charge >= 0.3 is 5.97 Å². The van der Waals surface area contributed by atoms with Gasteiger partial charge in [0.1, 0.15) is 5.00 Å². The first kappa shape index (κ1) is 19.1. The van der Waals surface area contributed by atoms with Crippen molar-refractivity contribution in [2.45, 2.75) is 40.2 Å². The largest absolute Gasteiger partial charge is 0.459 e. The SMILES string of the molecule is CCc1c(C)sc(NC(=O)c2cccc3ccccc23)c1C(=O)OC(C)C. The van der Waals surface area contributed by atoms with Gasteiger partial charge in [-0.05, 0) is 49.6 Å². The Balaban J connectivity index is 2.00. The highest BCUT2D eigenvalue weighted by Gasteiger charge is 2.25. The van der Waals surface area contributed by atoms with E-state index in [2.05, 4.69) is 5.32 Å². The van der Waals surface area contributed by atoms with Crippen LogP contribution in [-0.2, 0) is 11.2 Å². The van der Waals surface area contributed by atoms with Crippen molar-refractivity contribution in [1.82, 2.24) is 0 Å². The van der Waals surface area contributed by atoms with Gasteiger partial charge in [-0.2, -0.15) is 0 Å². The Hall–Kier alpha value is -2.66. The van der Waals surface area contributed by atoms with E-state index in [9.17, 15) is 9.59 Å². The number of hydrogen-bond donors (Lipinski definition) is 1. The molecule has 27 heavy (non-hydrogen) atoms. The number of fused-ring (bicyclic) bond motifs is 1. The summed E-state index contributed by atoms with van der Waals surface area (Å²) in [5.74, 6) is -0.617. The monoisotopic (exact) mass is 381 g/mol. The van der Waals surface area contributed by atoms with E-state index in [4.69, 9.17) is 4.74 Å². The van der Waals surface area contributed by atoms with Crippen LogP contribution in [0.1, 0.15) is 51.9 Å². The van der Waals surface area contributed by atoms with E-state index < -0.39 is 0 Å². The number of carbonyl (C=O) groups is 2. The van der Waals surface area contributed by atoms with E-state index in [1.165, 1.54) is 11.3 Å². The maximum absolute atomic E-state index is 13.0. The fourth-order valence-electron chi connectivity index (χ4n) is 3.18. The van der Waals surface area contributed by atoms with Gasteiger partial charge in [0.2, 0.25) is 0 Å². The van der Waals surface area contributed by atoms with Crippen molar-refractivity contribution >= 4 is 39.0 Å². The molecule has 2 aromatic carbocycles. The zero-order valence-electron chi connectivity index (χ0n) is 16.0. The second-order valence-corrected chi connectivity index (χ2v) is 7.85. The highest BCUT2D eigenvalue weighted by atomic mass is 32.1. The molecule has 140 valence electrons. The first-order valence-electron chi connectivity index (χ1n) is 9.04. The number of nitrogens with one attached hydrogen (secondary N) is 1. The number of amides is 1. The van der Waals surface area contributed by atoms with Crippen LogP contribution >= 0.6 is 11.3 Å². The zero-order chi connectivity index (χ0) is 19.6. The fourth-order valence-corrected chi connectivity index (χ4v) is 4.30. The fraction of sp³-hybridized carbons (Fsp3) is 0.273. The van der Waals surface area contributed by atoms with Gasteiger partial charge in [0.05, 0.1) is 11.7 Å². The van der Waals surface area contributed by atoms with Crippen molar-refractivity contribution in [1.29, 1.82) is 0 Å². The maximum atomic E-state index is 13.0. The van der Waals surface area contributed by atoms with Crippen LogP contribution in [0.15, 0.2) is 42.5 Å². The molecule has 0 atom stereocenters. The molecular weight excluding hydrogens is 358 g/mol. The quantitative estimate of drug-likeness (QED) is 0.586. The molecule has 0 aliphatic rings. The van der Waals surface area contributed by atoms with Gasteiger partial charge in [-0.15, -0.1) is 11.3 Å². The van der Waals surface area contributed by atoms with E-state index in [1.807, 2.05) is 64.1 Å². The van der Waals surface area contributed by atoms with E-state index in [-0.39, 0.29) is 18.0 Å². The van der Waals surface area contributed by atoms with E-state index in [1.54, 1.807) is 6.07 Å². The lowest BCUT2D eigenvalue weighted by molar-refractivity contribution is 0.0378. The molecule has 1 aromatic heterocycles. The molecule has 0 bridgehead atoms. The van der Waals surface area contributed by atoms with Crippen LogP contribution in [0.5, 0.6) is 0 Å². The van der Waals surface area contributed by atoms with Crippen LogP contribution < -0.4 is 5.32 Å². The van der Waals surface area contributed by atoms with Crippen LogP contribution in [0, 0.1) is 6.92 Å². The van der Waals surface area contributed by atoms with Gasteiger partial charge in [-0.3, -0.25) is 4.79 Å². The molecular formula is C22H23NO3S. The summed E-state index contributed by atoms with van der Waals surface area (Å²) in [6.45, 7) is 7.59. The Morgan fingerprint density at radius 2 is 1.81 bits per heavy atom. The van der Waals surface area contributed by atoms with Gasteiger partial charge in [0.25, 0.3) is 5.91 Å². The molecule has 1 N–H and O–H groups in total. The second kappa shape index (κ2) is 7.92. The lowest BCUT2D eigenvalue weighted by Crippen LogP contribution is -2.17. The predicted octanol–water partition coefficient (Wildman–Crippen LogP) is 5.59. The highest BCUT2D eigenvalue weighted by Crippen LogP contribution is 2.35. The number of anilines is 1. The predicted molar refractivity (Wildman–Crippen MR) is 111 cm³/mol. The van der Waals surface area contributed by atoms with Crippen LogP contribution in [-0.4, -0.2) is 18.0 Å². The van der Waals surface area contributed by atoms with Crippen LogP contribution in [0.2, 0.25) is 0 Å². The third-order valence-electron chi connectivity index (χ3n) is 4.37. The molecule has 0 saturated carbocycles.